The minimum atomic E-state index is -0.151. The van der Waals surface area contributed by atoms with Crippen LogP contribution < -0.4 is 15.0 Å². The number of carbonyl (C=O) groups is 2. The summed E-state index contributed by atoms with van der Waals surface area (Å²) in [4.78, 5) is 26.0. The third-order valence-electron chi connectivity index (χ3n) is 4.47. The summed E-state index contributed by atoms with van der Waals surface area (Å²) in [5, 5.41) is 2.86. The van der Waals surface area contributed by atoms with Crippen molar-refractivity contribution >= 4 is 23.2 Å². The maximum absolute atomic E-state index is 12.4. The number of hydrogen-bond acceptors (Lipinski definition) is 3. The average Bonchev–Trinajstić information content (AvgIpc) is 2.71. The Balaban J connectivity index is 1.56. The Morgan fingerprint density at radius 2 is 1.48 bits per heavy atom. The molecule has 0 unspecified atom stereocenters. The van der Waals surface area contributed by atoms with E-state index in [2.05, 4.69) is 5.32 Å². The van der Waals surface area contributed by atoms with Crippen LogP contribution in [0.25, 0.3) is 0 Å². The number of nitrogens with zero attached hydrogens (tertiary/aromatic N) is 1. The fraction of sp³-hybridized carbons (Fsp3) is 0.167. The highest BCUT2D eigenvalue weighted by atomic mass is 16.5. The molecule has 0 heterocycles. The molecule has 0 aliphatic carbocycles. The smallest absolute Gasteiger partial charge is 0.226 e. The van der Waals surface area contributed by atoms with Crippen LogP contribution in [0.2, 0.25) is 0 Å². The Labute approximate surface area is 170 Å². The molecule has 5 nitrogen and oxygen atoms in total. The first-order valence-corrected chi connectivity index (χ1v) is 9.49. The van der Waals surface area contributed by atoms with E-state index in [-0.39, 0.29) is 18.2 Å². The number of nitrogens with one attached hydrogen (secondary N) is 1. The predicted octanol–water partition coefficient (Wildman–Crippen LogP) is 5.17. The van der Waals surface area contributed by atoms with Gasteiger partial charge in [-0.05, 0) is 55.0 Å². The number of amides is 2. The van der Waals surface area contributed by atoms with Gasteiger partial charge in [-0.15, -0.1) is 0 Å². The van der Waals surface area contributed by atoms with Crippen molar-refractivity contribution in [2.75, 3.05) is 16.8 Å². The molecule has 0 atom stereocenters. The lowest BCUT2D eigenvalue weighted by molar-refractivity contribution is -0.117. The highest BCUT2D eigenvalue weighted by Gasteiger charge is 2.15. The summed E-state index contributed by atoms with van der Waals surface area (Å²) < 4.78 is 5.75. The first-order valence-electron chi connectivity index (χ1n) is 9.49. The molecule has 3 aromatic carbocycles. The van der Waals surface area contributed by atoms with E-state index >= 15 is 0 Å². The number of carbonyl (C=O) groups excluding carboxylic acids is 2. The lowest BCUT2D eigenvalue weighted by Crippen LogP contribution is -2.32. The summed E-state index contributed by atoms with van der Waals surface area (Å²) in [7, 11) is 0. The van der Waals surface area contributed by atoms with Gasteiger partial charge in [0.05, 0.1) is 0 Å². The van der Waals surface area contributed by atoms with Crippen molar-refractivity contribution in [2.45, 2.75) is 20.3 Å². The van der Waals surface area contributed by atoms with Gasteiger partial charge in [-0.25, -0.2) is 0 Å². The van der Waals surface area contributed by atoms with Crippen LogP contribution in [-0.4, -0.2) is 18.4 Å². The largest absolute Gasteiger partial charge is 0.457 e. The van der Waals surface area contributed by atoms with E-state index in [1.165, 1.54) is 6.92 Å². The van der Waals surface area contributed by atoms with Crippen LogP contribution in [-0.2, 0) is 9.59 Å². The van der Waals surface area contributed by atoms with Crippen molar-refractivity contribution in [2.24, 2.45) is 0 Å². The van der Waals surface area contributed by atoms with Gasteiger partial charge in [-0.2, -0.15) is 0 Å². The second-order valence-corrected chi connectivity index (χ2v) is 6.69. The molecular formula is C24H24N2O3. The zero-order chi connectivity index (χ0) is 20.6. The number of anilines is 2. The topological polar surface area (TPSA) is 58.6 Å². The number of benzene rings is 3. The van der Waals surface area contributed by atoms with E-state index in [1.807, 2.05) is 61.5 Å². The summed E-state index contributed by atoms with van der Waals surface area (Å²) in [6, 6.07) is 24.3. The number of hydrogen-bond donors (Lipinski definition) is 1. The summed E-state index contributed by atoms with van der Waals surface area (Å²) >= 11 is 0. The van der Waals surface area contributed by atoms with Gasteiger partial charge >= 0.3 is 0 Å². The molecule has 0 spiro atoms. The van der Waals surface area contributed by atoms with Gasteiger partial charge in [-0.1, -0.05) is 36.4 Å². The van der Waals surface area contributed by atoms with E-state index in [4.69, 9.17) is 4.74 Å². The highest BCUT2D eigenvalue weighted by molar-refractivity contribution is 5.95. The standard InChI is InChI=1S/C24H24N2O3/c1-18-8-6-7-11-23(18)26(19(2)27)17-16-24(28)25-20-12-14-22(15-13-20)29-21-9-4-3-5-10-21/h3-15H,16-17H2,1-2H3,(H,25,28). The van der Waals surface area contributed by atoms with E-state index in [9.17, 15) is 9.59 Å². The molecule has 0 saturated heterocycles. The van der Waals surface area contributed by atoms with E-state index < -0.39 is 0 Å². The number of rotatable bonds is 7. The second kappa shape index (κ2) is 9.55. The van der Waals surface area contributed by atoms with Crippen LogP contribution >= 0.6 is 0 Å². The zero-order valence-corrected chi connectivity index (χ0v) is 16.6. The summed E-state index contributed by atoms with van der Waals surface area (Å²) in [5.74, 6) is 1.21. The van der Waals surface area contributed by atoms with Gasteiger partial charge in [0.1, 0.15) is 11.5 Å². The van der Waals surface area contributed by atoms with Gasteiger partial charge < -0.3 is 15.0 Å². The van der Waals surface area contributed by atoms with Crippen molar-refractivity contribution in [1.29, 1.82) is 0 Å². The van der Waals surface area contributed by atoms with Crippen molar-refractivity contribution in [3.05, 3.63) is 84.4 Å². The highest BCUT2D eigenvalue weighted by Crippen LogP contribution is 2.23. The van der Waals surface area contributed by atoms with Gasteiger partial charge in [0, 0.05) is 31.3 Å². The Morgan fingerprint density at radius 3 is 2.14 bits per heavy atom. The molecule has 148 valence electrons. The van der Waals surface area contributed by atoms with E-state index in [0.717, 1.165) is 17.0 Å². The molecule has 2 amide bonds. The molecule has 5 heteroatoms. The predicted molar refractivity (Wildman–Crippen MR) is 115 cm³/mol. The monoisotopic (exact) mass is 388 g/mol. The lowest BCUT2D eigenvalue weighted by atomic mass is 10.1. The molecule has 3 rings (SSSR count). The van der Waals surface area contributed by atoms with Crippen LogP contribution in [0.4, 0.5) is 11.4 Å². The SMILES string of the molecule is CC(=O)N(CCC(=O)Nc1ccc(Oc2ccccc2)cc1)c1ccccc1C. The first-order chi connectivity index (χ1) is 14.0. The fourth-order valence-corrected chi connectivity index (χ4v) is 2.98. The molecule has 29 heavy (non-hydrogen) atoms. The van der Waals surface area contributed by atoms with Gasteiger partial charge in [0.25, 0.3) is 0 Å². The number of aryl methyl sites for hydroxylation is 1. The Hall–Kier alpha value is -3.60. The summed E-state index contributed by atoms with van der Waals surface area (Å²) in [6.07, 6.45) is 0.205. The minimum Gasteiger partial charge on any atom is -0.457 e. The van der Waals surface area contributed by atoms with Crippen molar-refractivity contribution < 1.29 is 14.3 Å². The molecule has 0 aliphatic rings. The third kappa shape index (κ3) is 5.69. The normalized spacial score (nSPS) is 10.3. The van der Waals surface area contributed by atoms with Crippen LogP contribution in [0.15, 0.2) is 78.9 Å². The van der Waals surface area contributed by atoms with E-state index in [0.29, 0.717) is 18.0 Å². The van der Waals surface area contributed by atoms with Gasteiger partial charge in [-0.3, -0.25) is 9.59 Å². The number of ether oxygens (including phenoxy) is 1. The molecule has 0 bridgehead atoms. The number of para-hydroxylation sites is 2. The van der Waals surface area contributed by atoms with E-state index in [1.54, 1.807) is 29.2 Å². The van der Waals surface area contributed by atoms with Gasteiger partial charge in [0.2, 0.25) is 11.8 Å². The zero-order valence-electron chi connectivity index (χ0n) is 16.6. The second-order valence-electron chi connectivity index (χ2n) is 6.69. The Morgan fingerprint density at radius 1 is 0.862 bits per heavy atom. The molecule has 0 aromatic heterocycles. The molecule has 0 aliphatic heterocycles. The maximum Gasteiger partial charge on any atom is 0.226 e. The molecular weight excluding hydrogens is 364 g/mol. The molecule has 0 saturated carbocycles. The summed E-state index contributed by atoms with van der Waals surface area (Å²) in [5.41, 5.74) is 2.51. The first kappa shape index (κ1) is 20.1. The quantitative estimate of drug-likeness (QED) is 0.607. The van der Waals surface area contributed by atoms with Crippen molar-refractivity contribution in [3.8, 4) is 11.5 Å². The minimum absolute atomic E-state index is 0.0884. The van der Waals surface area contributed by atoms with Crippen molar-refractivity contribution in [1.82, 2.24) is 0 Å². The van der Waals surface area contributed by atoms with Crippen LogP contribution in [0, 0.1) is 6.92 Å². The van der Waals surface area contributed by atoms with Crippen LogP contribution in [0.1, 0.15) is 18.9 Å². The Bertz CT molecular complexity index is 969. The molecule has 0 fully saturated rings. The fourth-order valence-electron chi connectivity index (χ4n) is 2.98. The van der Waals surface area contributed by atoms with Crippen molar-refractivity contribution in [3.63, 3.8) is 0 Å². The van der Waals surface area contributed by atoms with Gasteiger partial charge in [0.15, 0.2) is 0 Å². The Kier molecular flexibility index (Phi) is 6.63. The average molecular weight is 388 g/mol. The molecule has 3 aromatic rings. The molecule has 1 N–H and O–H groups in total. The van der Waals surface area contributed by atoms with Crippen LogP contribution in [0.3, 0.4) is 0 Å². The maximum atomic E-state index is 12.4. The summed E-state index contributed by atoms with van der Waals surface area (Å²) in [6.45, 7) is 3.78. The van der Waals surface area contributed by atoms with Crippen LogP contribution in [0.5, 0.6) is 11.5 Å². The third-order valence-corrected chi connectivity index (χ3v) is 4.47. The lowest BCUT2D eigenvalue weighted by Gasteiger charge is -2.22. The molecule has 0 radical (unpaired) electrons.